The zero-order valence-corrected chi connectivity index (χ0v) is 8.28. The number of methoxy groups -OCH3 is 1. The smallest absolute Gasteiger partial charge is 0.328 e. The largest absolute Gasteiger partial charge is 0.508 e. The third-order valence-electron chi connectivity index (χ3n) is 1.77. The van der Waals surface area contributed by atoms with Crippen molar-refractivity contribution in [2.75, 3.05) is 7.11 Å². The van der Waals surface area contributed by atoms with Crippen molar-refractivity contribution in [1.29, 1.82) is 0 Å². The van der Waals surface area contributed by atoms with Crippen LogP contribution in [-0.4, -0.2) is 18.2 Å². The van der Waals surface area contributed by atoms with E-state index in [1.165, 1.54) is 19.2 Å². The summed E-state index contributed by atoms with van der Waals surface area (Å²) in [5.74, 6) is -0.349. The number of nitrogens with one attached hydrogen (secondary N) is 1. The lowest BCUT2D eigenvalue weighted by Gasteiger charge is -2.12. The quantitative estimate of drug-likeness (QED) is 0.590. The fraction of sp³-hybridized carbons (Fsp3) is 0.222. The summed E-state index contributed by atoms with van der Waals surface area (Å²) in [7, 11) is 1.28. The van der Waals surface area contributed by atoms with Crippen molar-refractivity contribution >= 4 is 17.7 Å². The summed E-state index contributed by atoms with van der Waals surface area (Å²) in [5, 5.41) is 9.04. The first-order valence-electron chi connectivity index (χ1n) is 3.92. The highest BCUT2D eigenvalue weighted by Crippen LogP contribution is 2.18. The molecule has 0 heterocycles. The van der Waals surface area contributed by atoms with E-state index in [1.54, 1.807) is 12.1 Å². The van der Waals surface area contributed by atoms with E-state index in [4.69, 9.17) is 16.9 Å². The Morgan fingerprint density at radius 1 is 1.50 bits per heavy atom. The Balaban J connectivity index is 2.89. The second-order valence-electron chi connectivity index (χ2n) is 2.66. The van der Waals surface area contributed by atoms with E-state index in [-0.39, 0.29) is 5.75 Å². The number of carbonyl (C=O) groups excluding carboxylic acids is 1. The van der Waals surface area contributed by atoms with E-state index in [0.717, 1.165) is 0 Å². The van der Waals surface area contributed by atoms with Gasteiger partial charge in [-0.3, -0.25) is 0 Å². The predicted molar refractivity (Wildman–Crippen MR) is 51.9 cm³/mol. The fourth-order valence-corrected chi connectivity index (χ4v) is 1.24. The zero-order valence-electron chi connectivity index (χ0n) is 7.53. The van der Waals surface area contributed by atoms with Gasteiger partial charge >= 0.3 is 5.97 Å². The lowest BCUT2D eigenvalue weighted by Crippen LogP contribution is -2.22. The SMILES string of the molecule is COC(=O)C(NCl)c1ccc(O)cc1. The van der Waals surface area contributed by atoms with Gasteiger partial charge < -0.3 is 9.84 Å². The van der Waals surface area contributed by atoms with Crippen LogP contribution < -0.4 is 4.84 Å². The minimum absolute atomic E-state index is 0.131. The molecule has 0 aliphatic rings. The molecule has 4 nitrogen and oxygen atoms in total. The number of benzene rings is 1. The number of phenolic OH excluding ortho intramolecular Hbond substituents is 1. The molecular weight excluding hydrogens is 206 g/mol. The monoisotopic (exact) mass is 215 g/mol. The highest BCUT2D eigenvalue weighted by molar-refractivity contribution is 6.14. The first kappa shape index (κ1) is 10.8. The van der Waals surface area contributed by atoms with Crippen LogP contribution in [0.4, 0.5) is 0 Å². The second kappa shape index (κ2) is 4.83. The van der Waals surface area contributed by atoms with Crippen molar-refractivity contribution in [3.05, 3.63) is 29.8 Å². The van der Waals surface area contributed by atoms with E-state index < -0.39 is 12.0 Å². The van der Waals surface area contributed by atoms with Crippen LogP contribution in [0.1, 0.15) is 11.6 Å². The number of aromatic hydroxyl groups is 1. The molecule has 2 N–H and O–H groups in total. The Morgan fingerprint density at radius 3 is 2.50 bits per heavy atom. The number of rotatable bonds is 3. The van der Waals surface area contributed by atoms with Gasteiger partial charge in [-0.2, -0.15) is 0 Å². The summed E-state index contributed by atoms with van der Waals surface area (Å²) in [5.41, 5.74) is 0.629. The lowest BCUT2D eigenvalue weighted by molar-refractivity contribution is -0.142. The Morgan fingerprint density at radius 2 is 2.07 bits per heavy atom. The Bertz CT molecular complexity index is 312. The van der Waals surface area contributed by atoms with Gasteiger partial charge in [-0.25, -0.2) is 9.63 Å². The first-order chi connectivity index (χ1) is 6.69. The van der Waals surface area contributed by atoms with Gasteiger partial charge in [-0.15, -0.1) is 0 Å². The molecular formula is C9H10ClNO3. The van der Waals surface area contributed by atoms with Gasteiger partial charge in [0.05, 0.1) is 7.11 Å². The number of esters is 1. The third-order valence-corrected chi connectivity index (χ3v) is 1.99. The van der Waals surface area contributed by atoms with Gasteiger partial charge in [-0.1, -0.05) is 12.1 Å². The molecule has 14 heavy (non-hydrogen) atoms. The number of carbonyl (C=O) groups is 1. The van der Waals surface area contributed by atoms with Gasteiger partial charge in [-0.05, 0) is 29.5 Å². The van der Waals surface area contributed by atoms with Crippen LogP contribution in [-0.2, 0) is 9.53 Å². The van der Waals surface area contributed by atoms with Gasteiger partial charge in [0, 0.05) is 0 Å². The molecule has 0 saturated carbocycles. The highest BCUT2D eigenvalue weighted by atomic mass is 35.5. The maximum absolute atomic E-state index is 11.2. The standard InChI is InChI=1S/C9H10ClNO3/c1-14-9(13)8(11-10)6-2-4-7(12)5-3-6/h2-5,8,11-12H,1H3. The fourth-order valence-electron chi connectivity index (χ4n) is 1.03. The van der Waals surface area contributed by atoms with Crippen molar-refractivity contribution in [3.63, 3.8) is 0 Å². The zero-order chi connectivity index (χ0) is 10.6. The molecule has 1 unspecified atom stereocenters. The molecule has 0 fully saturated rings. The van der Waals surface area contributed by atoms with E-state index in [1.807, 2.05) is 0 Å². The topological polar surface area (TPSA) is 58.6 Å². The average Bonchev–Trinajstić information content (AvgIpc) is 2.21. The van der Waals surface area contributed by atoms with E-state index in [0.29, 0.717) is 5.56 Å². The van der Waals surface area contributed by atoms with Crippen LogP contribution >= 0.6 is 11.8 Å². The Hall–Kier alpha value is -1.26. The maximum atomic E-state index is 11.2. The van der Waals surface area contributed by atoms with Gasteiger partial charge in [0.1, 0.15) is 11.8 Å². The summed E-state index contributed by atoms with van der Waals surface area (Å²) >= 11 is 5.40. The molecule has 0 aliphatic heterocycles. The van der Waals surface area contributed by atoms with Crippen molar-refractivity contribution < 1.29 is 14.6 Å². The van der Waals surface area contributed by atoms with Crippen LogP contribution in [0.2, 0.25) is 0 Å². The molecule has 1 aromatic rings. The van der Waals surface area contributed by atoms with Crippen LogP contribution in [0.3, 0.4) is 0 Å². The van der Waals surface area contributed by atoms with E-state index >= 15 is 0 Å². The first-order valence-corrected chi connectivity index (χ1v) is 4.29. The van der Waals surface area contributed by atoms with Crippen molar-refractivity contribution in [1.82, 2.24) is 4.84 Å². The van der Waals surface area contributed by atoms with Crippen LogP contribution in [0, 0.1) is 0 Å². The van der Waals surface area contributed by atoms with Crippen molar-refractivity contribution in [2.24, 2.45) is 0 Å². The van der Waals surface area contributed by atoms with Crippen LogP contribution in [0.5, 0.6) is 5.75 Å². The average molecular weight is 216 g/mol. The molecule has 0 spiro atoms. The summed E-state index contributed by atoms with van der Waals surface area (Å²) in [6.07, 6.45) is 0. The number of ether oxygens (including phenoxy) is 1. The summed E-state index contributed by atoms with van der Waals surface area (Å²) in [4.78, 5) is 13.5. The van der Waals surface area contributed by atoms with E-state index in [9.17, 15) is 4.79 Å². The van der Waals surface area contributed by atoms with Crippen LogP contribution in [0.15, 0.2) is 24.3 Å². The second-order valence-corrected chi connectivity index (χ2v) is 2.88. The molecule has 1 atom stereocenters. The number of hydrogen-bond acceptors (Lipinski definition) is 4. The molecule has 0 aromatic heterocycles. The predicted octanol–water partition coefficient (Wildman–Crippen LogP) is 1.35. The Kier molecular flexibility index (Phi) is 3.73. The third kappa shape index (κ3) is 2.37. The summed E-state index contributed by atoms with van der Waals surface area (Å²) in [6, 6.07) is 5.40. The molecule has 76 valence electrons. The summed E-state index contributed by atoms with van der Waals surface area (Å²) in [6.45, 7) is 0. The van der Waals surface area contributed by atoms with Gasteiger partial charge in [0.25, 0.3) is 0 Å². The molecule has 1 aromatic carbocycles. The van der Waals surface area contributed by atoms with Crippen molar-refractivity contribution in [3.8, 4) is 5.75 Å². The number of halogens is 1. The molecule has 1 rings (SSSR count). The van der Waals surface area contributed by atoms with Crippen LogP contribution in [0.25, 0.3) is 0 Å². The van der Waals surface area contributed by atoms with Gasteiger partial charge in [0.15, 0.2) is 0 Å². The molecule has 0 radical (unpaired) electrons. The molecule has 0 aliphatic carbocycles. The minimum atomic E-state index is -0.720. The van der Waals surface area contributed by atoms with Gasteiger partial charge in [0.2, 0.25) is 0 Å². The minimum Gasteiger partial charge on any atom is -0.508 e. The molecule has 5 heteroatoms. The molecule has 0 saturated heterocycles. The molecule has 0 amide bonds. The van der Waals surface area contributed by atoms with E-state index in [2.05, 4.69) is 9.57 Å². The van der Waals surface area contributed by atoms with Crippen molar-refractivity contribution in [2.45, 2.75) is 6.04 Å². The summed E-state index contributed by atoms with van der Waals surface area (Å²) < 4.78 is 4.54. The number of phenols is 1. The highest BCUT2D eigenvalue weighted by Gasteiger charge is 2.19. The molecule has 0 bridgehead atoms. The normalized spacial score (nSPS) is 12.1. The Labute approximate surface area is 86.6 Å². The number of hydrogen-bond donors (Lipinski definition) is 2. The lowest BCUT2D eigenvalue weighted by atomic mass is 10.1. The maximum Gasteiger partial charge on any atom is 0.328 e.